The van der Waals surface area contributed by atoms with E-state index in [0.717, 1.165) is 16.9 Å². The minimum atomic E-state index is -0.692. The van der Waals surface area contributed by atoms with Gasteiger partial charge < -0.3 is 9.47 Å². The zero-order valence-electron chi connectivity index (χ0n) is 15.0. The summed E-state index contributed by atoms with van der Waals surface area (Å²) in [6, 6.07) is 20.9. The van der Waals surface area contributed by atoms with Crippen molar-refractivity contribution in [2.45, 2.75) is 25.4 Å². The quantitative estimate of drug-likeness (QED) is 0.659. The van der Waals surface area contributed by atoms with E-state index in [-0.39, 0.29) is 18.4 Å². The molecule has 3 heterocycles. The van der Waals surface area contributed by atoms with E-state index in [1.165, 1.54) is 4.90 Å². The molecular weight excluding hydrogens is 338 g/mol. The zero-order valence-corrected chi connectivity index (χ0v) is 15.0. The predicted octanol–water partition coefficient (Wildman–Crippen LogP) is 4.07. The van der Waals surface area contributed by atoms with Crippen molar-refractivity contribution in [1.82, 2.24) is 9.47 Å². The summed E-state index contributed by atoms with van der Waals surface area (Å²) in [6.07, 6.45) is 2.24. The van der Waals surface area contributed by atoms with Crippen LogP contribution >= 0.6 is 0 Å². The minimum absolute atomic E-state index is 0.177. The van der Waals surface area contributed by atoms with Crippen molar-refractivity contribution in [1.29, 1.82) is 0 Å². The Morgan fingerprint density at radius 3 is 2.44 bits per heavy atom. The van der Waals surface area contributed by atoms with Crippen LogP contribution in [-0.4, -0.2) is 21.4 Å². The molecule has 5 rings (SSSR count). The van der Waals surface area contributed by atoms with Gasteiger partial charge in [0.15, 0.2) is 0 Å². The number of amides is 3. The Balaban J connectivity index is 1.69. The number of aromatic nitrogens is 1. The SMILES string of the molecule is CC12CC(=O)N(c3ccccc3)C(=O)N1Cc1ccccc1-n1cccc12. The number of urea groups is 1. The fourth-order valence-electron chi connectivity index (χ4n) is 4.29. The van der Waals surface area contributed by atoms with Crippen LogP contribution in [0.15, 0.2) is 72.9 Å². The first-order chi connectivity index (χ1) is 13.1. The van der Waals surface area contributed by atoms with Crippen LogP contribution < -0.4 is 4.90 Å². The molecule has 1 aromatic heterocycles. The number of benzene rings is 2. The average Bonchev–Trinajstić information content (AvgIpc) is 3.13. The molecule has 1 fully saturated rings. The molecule has 0 bridgehead atoms. The molecule has 0 aliphatic carbocycles. The van der Waals surface area contributed by atoms with Gasteiger partial charge in [-0.15, -0.1) is 0 Å². The lowest BCUT2D eigenvalue weighted by molar-refractivity contribution is -0.122. The first kappa shape index (κ1) is 15.9. The number of carbonyl (C=O) groups is 2. The fraction of sp³-hybridized carbons (Fsp3) is 0.182. The first-order valence-corrected chi connectivity index (χ1v) is 9.05. The molecule has 2 aliphatic heterocycles. The molecule has 2 aliphatic rings. The van der Waals surface area contributed by atoms with Gasteiger partial charge in [-0.25, -0.2) is 9.69 Å². The van der Waals surface area contributed by atoms with Crippen LogP contribution in [-0.2, 0) is 16.9 Å². The van der Waals surface area contributed by atoms with Crippen molar-refractivity contribution in [2.75, 3.05) is 4.90 Å². The van der Waals surface area contributed by atoms with Gasteiger partial charge in [0.1, 0.15) is 0 Å². The van der Waals surface area contributed by atoms with Crippen molar-refractivity contribution in [2.24, 2.45) is 0 Å². The summed E-state index contributed by atoms with van der Waals surface area (Å²) in [7, 11) is 0. The maximum Gasteiger partial charge on any atom is 0.332 e. The number of anilines is 1. The Bertz CT molecular complexity index is 1060. The summed E-state index contributed by atoms with van der Waals surface area (Å²) in [5.74, 6) is -0.177. The number of nitrogens with zero attached hydrogens (tertiary/aromatic N) is 3. The topological polar surface area (TPSA) is 45.6 Å². The zero-order chi connectivity index (χ0) is 18.6. The lowest BCUT2D eigenvalue weighted by Crippen LogP contribution is -2.61. The number of hydrogen-bond donors (Lipinski definition) is 0. The molecule has 1 unspecified atom stereocenters. The van der Waals surface area contributed by atoms with E-state index < -0.39 is 5.54 Å². The first-order valence-electron chi connectivity index (χ1n) is 9.05. The van der Waals surface area contributed by atoms with E-state index in [1.807, 2.05) is 66.6 Å². The summed E-state index contributed by atoms with van der Waals surface area (Å²) in [6.45, 7) is 2.45. The number of para-hydroxylation sites is 2. The maximum absolute atomic E-state index is 13.5. The van der Waals surface area contributed by atoms with E-state index in [2.05, 4.69) is 10.6 Å². The van der Waals surface area contributed by atoms with E-state index in [4.69, 9.17) is 0 Å². The molecule has 0 N–H and O–H groups in total. The summed E-state index contributed by atoms with van der Waals surface area (Å²) >= 11 is 0. The standard InChI is InChI=1S/C22H19N3O2/c1-22-14-20(26)25(17-9-3-2-4-10-17)21(27)24(22)15-16-8-5-6-11-18(16)23-13-7-12-19(22)23/h2-13H,14-15H2,1H3. The summed E-state index contributed by atoms with van der Waals surface area (Å²) < 4.78 is 2.11. The van der Waals surface area contributed by atoms with Gasteiger partial charge in [-0.1, -0.05) is 36.4 Å². The molecule has 5 heteroatoms. The van der Waals surface area contributed by atoms with Gasteiger partial charge in [-0.3, -0.25) is 4.79 Å². The Morgan fingerprint density at radius 1 is 0.889 bits per heavy atom. The van der Waals surface area contributed by atoms with Gasteiger partial charge in [-0.2, -0.15) is 0 Å². The van der Waals surface area contributed by atoms with Gasteiger partial charge >= 0.3 is 6.03 Å². The monoisotopic (exact) mass is 357 g/mol. The smallest absolute Gasteiger partial charge is 0.318 e. The molecule has 3 aromatic rings. The second-order valence-corrected chi connectivity index (χ2v) is 7.28. The molecule has 2 aromatic carbocycles. The van der Waals surface area contributed by atoms with Crippen LogP contribution in [0, 0.1) is 0 Å². The maximum atomic E-state index is 13.5. The fourth-order valence-corrected chi connectivity index (χ4v) is 4.29. The van der Waals surface area contributed by atoms with Crippen molar-refractivity contribution >= 4 is 17.6 Å². The second-order valence-electron chi connectivity index (χ2n) is 7.28. The van der Waals surface area contributed by atoms with Crippen LogP contribution in [0.5, 0.6) is 0 Å². The molecule has 1 atom stereocenters. The van der Waals surface area contributed by atoms with Crippen LogP contribution in [0.2, 0.25) is 0 Å². The third-order valence-electron chi connectivity index (χ3n) is 5.66. The highest BCUT2D eigenvalue weighted by molar-refractivity contribution is 6.16. The number of imide groups is 1. The minimum Gasteiger partial charge on any atom is -0.318 e. The highest BCUT2D eigenvalue weighted by Gasteiger charge is 2.50. The van der Waals surface area contributed by atoms with E-state index in [9.17, 15) is 9.59 Å². The molecule has 1 saturated heterocycles. The van der Waals surface area contributed by atoms with Gasteiger partial charge in [0.05, 0.1) is 29.9 Å². The number of hydrogen-bond acceptors (Lipinski definition) is 2. The Hall–Kier alpha value is -3.34. The lowest BCUT2D eigenvalue weighted by Gasteiger charge is -2.46. The summed E-state index contributed by atoms with van der Waals surface area (Å²) in [5, 5.41) is 0. The number of fused-ring (bicyclic) bond motifs is 5. The molecular formula is C22H19N3O2. The molecule has 5 nitrogen and oxygen atoms in total. The Kier molecular flexibility index (Phi) is 3.28. The number of rotatable bonds is 1. The third-order valence-corrected chi connectivity index (χ3v) is 5.66. The van der Waals surface area contributed by atoms with Crippen molar-refractivity contribution in [3.63, 3.8) is 0 Å². The lowest BCUT2D eigenvalue weighted by atomic mass is 9.88. The summed E-state index contributed by atoms with van der Waals surface area (Å²) in [5.41, 5.74) is 3.00. The van der Waals surface area contributed by atoms with Crippen LogP contribution in [0.4, 0.5) is 10.5 Å². The normalized spacial score (nSPS) is 21.4. The van der Waals surface area contributed by atoms with Crippen LogP contribution in [0.1, 0.15) is 24.6 Å². The van der Waals surface area contributed by atoms with Crippen LogP contribution in [0.25, 0.3) is 5.69 Å². The number of carbonyl (C=O) groups excluding carboxylic acids is 2. The highest BCUT2D eigenvalue weighted by atomic mass is 16.2. The molecule has 134 valence electrons. The second kappa shape index (κ2) is 5.58. The largest absolute Gasteiger partial charge is 0.332 e. The molecule has 3 amide bonds. The van der Waals surface area contributed by atoms with Crippen LogP contribution in [0.3, 0.4) is 0 Å². The van der Waals surface area contributed by atoms with E-state index in [1.54, 1.807) is 12.1 Å². The van der Waals surface area contributed by atoms with Crippen molar-refractivity contribution < 1.29 is 9.59 Å². The molecule has 27 heavy (non-hydrogen) atoms. The molecule has 0 spiro atoms. The average molecular weight is 357 g/mol. The van der Waals surface area contributed by atoms with E-state index in [0.29, 0.717) is 12.2 Å². The Morgan fingerprint density at radius 2 is 1.63 bits per heavy atom. The third kappa shape index (κ3) is 2.18. The van der Waals surface area contributed by atoms with E-state index >= 15 is 0 Å². The summed E-state index contributed by atoms with van der Waals surface area (Å²) in [4.78, 5) is 29.7. The Labute approximate surface area is 157 Å². The van der Waals surface area contributed by atoms with Gasteiger partial charge in [0.25, 0.3) is 0 Å². The van der Waals surface area contributed by atoms with Crippen molar-refractivity contribution in [3.05, 3.63) is 84.2 Å². The predicted molar refractivity (Wildman–Crippen MR) is 103 cm³/mol. The van der Waals surface area contributed by atoms with Gasteiger partial charge in [-0.05, 0) is 42.8 Å². The van der Waals surface area contributed by atoms with Gasteiger partial charge in [0, 0.05) is 11.9 Å². The molecule has 0 radical (unpaired) electrons. The highest BCUT2D eigenvalue weighted by Crippen LogP contribution is 2.43. The van der Waals surface area contributed by atoms with Crippen molar-refractivity contribution in [3.8, 4) is 5.69 Å². The molecule has 0 saturated carbocycles. The van der Waals surface area contributed by atoms with Gasteiger partial charge in [0.2, 0.25) is 5.91 Å².